The van der Waals surface area contributed by atoms with Gasteiger partial charge >= 0.3 is 0 Å². The Balaban J connectivity index is 1.59. The van der Waals surface area contributed by atoms with Crippen LogP contribution in [0.5, 0.6) is 0 Å². The summed E-state index contributed by atoms with van der Waals surface area (Å²) in [5, 5.41) is 7.02. The first-order valence-corrected chi connectivity index (χ1v) is 6.98. The van der Waals surface area contributed by atoms with Gasteiger partial charge in [0.25, 0.3) is 0 Å². The summed E-state index contributed by atoms with van der Waals surface area (Å²) in [6.45, 7) is 1.55. The van der Waals surface area contributed by atoms with E-state index in [4.69, 9.17) is 4.52 Å². The van der Waals surface area contributed by atoms with Gasteiger partial charge in [-0.3, -0.25) is 0 Å². The summed E-state index contributed by atoms with van der Waals surface area (Å²) >= 11 is 1.81. The van der Waals surface area contributed by atoms with Gasteiger partial charge in [-0.05, 0) is 17.7 Å². The third kappa shape index (κ3) is 3.10. The van der Waals surface area contributed by atoms with Gasteiger partial charge in [0.05, 0.1) is 12.7 Å². The molecule has 0 radical (unpaired) electrons. The lowest BCUT2D eigenvalue weighted by Gasteiger charge is -1.99. The second kappa shape index (κ2) is 5.82. The summed E-state index contributed by atoms with van der Waals surface area (Å²) in [6, 6.07) is 16.7. The molecule has 0 atom stereocenters. The van der Waals surface area contributed by atoms with Crippen LogP contribution < -0.4 is 5.32 Å². The molecule has 2 aromatic heterocycles. The van der Waals surface area contributed by atoms with Gasteiger partial charge in [-0.1, -0.05) is 35.5 Å². The van der Waals surface area contributed by atoms with Crippen LogP contribution in [0.4, 0.5) is 0 Å². The number of thiophene rings is 1. The van der Waals surface area contributed by atoms with Crippen LogP contribution in [-0.4, -0.2) is 5.16 Å². The Morgan fingerprint density at radius 2 is 1.89 bits per heavy atom. The molecule has 1 N–H and O–H groups in total. The van der Waals surface area contributed by atoms with Gasteiger partial charge < -0.3 is 9.84 Å². The molecule has 0 aliphatic rings. The van der Waals surface area contributed by atoms with Crippen molar-refractivity contribution >= 4 is 11.3 Å². The van der Waals surface area contributed by atoms with Crippen molar-refractivity contribution in [2.24, 2.45) is 0 Å². The Bertz CT molecular complexity index is 617. The number of hydrogen-bond donors (Lipinski definition) is 1. The molecule has 0 aliphatic heterocycles. The second-order valence-corrected chi connectivity index (χ2v) is 5.38. The van der Waals surface area contributed by atoms with E-state index in [0.717, 1.165) is 12.3 Å². The van der Waals surface area contributed by atoms with Crippen molar-refractivity contribution in [3.63, 3.8) is 0 Å². The molecule has 0 amide bonds. The van der Waals surface area contributed by atoms with Crippen LogP contribution >= 0.6 is 11.3 Å². The van der Waals surface area contributed by atoms with Crippen LogP contribution in [0.25, 0.3) is 10.4 Å². The van der Waals surface area contributed by atoms with E-state index in [9.17, 15) is 0 Å². The molecule has 0 saturated carbocycles. The minimum Gasteiger partial charge on any atom is -0.360 e. The van der Waals surface area contributed by atoms with Crippen molar-refractivity contribution < 1.29 is 4.52 Å². The van der Waals surface area contributed by atoms with E-state index in [1.807, 2.05) is 23.5 Å². The lowest BCUT2D eigenvalue weighted by Crippen LogP contribution is -2.10. The van der Waals surface area contributed by atoms with Crippen LogP contribution in [0.15, 0.2) is 59.3 Å². The van der Waals surface area contributed by atoms with Crippen LogP contribution in [0.1, 0.15) is 10.6 Å². The molecule has 4 heteroatoms. The summed E-state index contributed by atoms with van der Waals surface area (Å²) < 4.78 is 5.04. The Morgan fingerprint density at radius 3 is 2.68 bits per heavy atom. The summed E-state index contributed by atoms with van der Waals surface area (Å²) in [4.78, 5) is 2.62. The molecule has 2 heterocycles. The van der Waals surface area contributed by atoms with E-state index < -0.39 is 0 Å². The lowest BCUT2D eigenvalue weighted by atomic mass is 10.2. The van der Waals surface area contributed by atoms with Crippen LogP contribution in [0.3, 0.4) is 0 Å². The van der Waals surface area contributed by atoms with Crippen molar-refractivity contribution in [2.75, 3.05) is 0 Å². The molecule has 0 aliphatic carbocycles. The molecule has 96 valence electrons. The number of hydrogen-bond acceptors (Lipinski definition) is 4. The predicted octanol–water partition coefficient (Wildman–Crippen LogP) is 3.69. The van der Waals surface area contributed by atoms with Crippen molar-refractivity contribution in [1.29, 1.82) is 0 Å². The van der Waals surface area contributed by atoms with E-state index in [2.05, 4.69) is 46.9 Å². The Morgan fingerprint density at radius 1 is 1.00 bits per heavy atom. The second-order valence-electron chi connectivity index (χ2n) is 4.21. The summed E-state index contributed by atoms with van der Waals surface area (Å²) in [5.74, 6) is 0.861. The molecule has 3 aromatic rings. The fourth-order valence-corrected chi connectivity index (χ4v) is 2.86. The number of nitrogens with one attached hydrogen (secondary N) is 1. The fourth-order valence-electron chi connectivity index (χ4n) is 1.87. The van der Waals surface area contributed by atoms with E-state index in [0.29, 0.717) is 6.54 Å². The highest BCUT2D eigenvalue weighted by Crippen LogP contribution is 2.27. The van der Waals surface area contributed by atoms with Crippen LogP contribution in [-0.2, 0) is 13.1 Å². The van der Waals surface area contributed by atoms with E-state index >= 15 is 0 Å². The van der Waals surface area contributed by atoms with Crippen molar-refractivity contribution in [2.45, 2.75) is 13.1 Å². The molecule has 0 spiro atoms. The van der Waals surface area contributed by atoms with Gasteiger partial charge in [0.15, 0.2) is 0 Å². The van der Waals surface area contributed by atoms with Crippen molar-refractivity contribution in [3.8, 4) is 10.4 Å². The maximum Gasteiger partial charge on any atom is 0.150 e. The smallest absolute Gasteiger partial charge is 0.150 e. The van der Waals surface area contributed by atoms with Crippen molar-refractivity contribution in [1.82, 2.24) is 10.5 Å². The molecular weight excluding hydrogens is 256 g/mol. The molecule has 19 heavy (non-hydrogen) atoms. The van der Waals surface area contributed by atoms with Crippen LogP contribution in [0.2, 0.25) is 0 Å². The summed E-state index contributed by atoms with van der Waals surface area (Å²) in [5.41, 5.74) is 1.27. The monoisotopic (exact) mass is 270 g/mol. The minimum atomic E-state index is 0.707. The van der Waals surface area contributed by atoms with E-state index in [1.165, 1.54) is 15.3 Å². The van der Waals surface area contributed by atoms with Gasteiger partial charge in [0.1, 0.15) is 5.76 Å². The first kappa shape index (κ1) is 12.1. The Labute approximate surface area is 115 Å². The molecule has 0 bridgehead atoms. The van der Waals surface area contributed by atoms with Gasteiger partial charge in [-0.2, -0.15) is 0 Å². The Hall–Kier alpha value is -1.91. The predicted molar refractivity (Wildman–Crippen MR) is 76.8 cm³/mol. The third-order valence-electron chi connectivity index (χ3n) is 2.81. The molecule has 0 unspecified atom stereocenters. The van der Waals surface area contributed by atoms with Gasteiger partial charge in [-0.15, -0.1) is 11.3 Å². The maximum absolute atomic E-state index is 5.04. The van der Waals surface area contributed by atoms with E-state index in [1.54, 1.807) is 6.20 Å². The summed E-state index contributed by atoms with van der Waals surface area (Å²) in [6.07, 6.45) is 1.66. The maximum atomic E-state index is 5.04. The average molecular weight is 270 g/mol. The lowest BCUT2D eigenvalue weighted by molar-refractivity contribution is 0.373. The fraction of sp³-hybridized carbons (Fsp3) is 0.133. The first-order valence-electron chi connectivity index (χ1n) is 6.16. The van der Waals surface area contributed by atoms with Gasteiger partial charge in [0, 0.05) is 22.4 Å². The Kier molecular flexibility index (Phi) is 3.72. The van der Waals surface area contributed by atoms with E-state index in [-0.39, 0.29) is 0 Å². The number of nitrogens with zero attached hydrogens (tertiary/aromatic N) is 1. The standard InChI is InChI=1S/C15H14N2OS/c1-2-4-12(5-3-1)15-7-6-14(19-15)11-16-10-13-8-9-17-18-13/h1-9,16H,10-11H2. The zero-order valence-electron chi connectivity index (χ0n) is 10.4. The molecule has 3 rings (SSSR count). The molecular formula is C15H14N2OS. The third-order valence-corrected chi connectivity index (χ3v) is 3.94. The average Bonchev–Trinajstić information content (AvgIpc) is 3.11. The molecule has 3 nitrogen and oxygen atoms in total. The normalized spacial score (nSPS) is 10.7. The van der Waals surface area contributed by atoms with Crippen LogP contribution in [0, 0.1) is 0 Å². The highest BCUT2D eigenvalue weighted by Gasteiger charge is 2.03. The number of rotatable bonds is 5. The highest BCUT2D eigenvalue weighted by atomic mass is 32.1. The number of aromatic nitrogens is 1. The largest absolute Gasteiger partial charge is 0.360 e. The SMILES string of the molecule is c1ccc(-c2ccc(CNCc3ccno3)s2)cc1. The topological polar surface area (TPSA) is 38.1 Å². The van der Waals surface area contributed by atoms with Crippen molar-refractivity contribution in [3.05, 3.63) is 65.4 Å². The molecule has 0 fully saturated rings. The molecule has 0 saturated heterocycles. The highest BCUT2D eigenvalue weighted by molar-refractivity contribution is 7.15. The zero-order chi connectivity index (χ0) is 12.9. The van der Waals surface area contributed by atoms with Gasteiger partial charge in [-0.25, -0.2) is 0 Å². The van der Waals surface area contributed by atoms with Gasteiger partial charge in [0.2, 0.25) is 0 Å². The molecule has 1 aromatic carbocycles. The first-order chi connectivity index (χ1) is 9.42. The summed E-state index contributed by atoms with van der Waals surface area (Å²) in [7, 11) is 0. The number of benzene rings is 1. The quantitative estimate of drug-likeness (QED) is 0.768. The zero-order valence-corrected chi connectivity index (χ0v) is 11.2. The minimum absolute atomic E-state index is 0.707.